The minimum Gasteiger partial charge on any atom is -0.494 e. The quantitative estimate of drug-likeness (QED) is 0.866. The summed E-state index contributed by atoms with van der Waals surface area (Å²) >= 11 is 6.02. The van der Waals surface area contributed by atoms with Crippen LogP contribution in [-0.2, 0) is 0 Å². The van der Waals surface area contributed by atoms with Crippen molar-refractivity contribution in [2.45, 2.75) is 19.3 Å². The lowest BCUT2D eigenvalue weighted by molar-refractivity contribution is 0.298. The Hall–Kier alpha value is -1.51. The second-order valence-corrected chi connectivity index (χ2v) is 5.37. The number of hydrogen-bond acceptors (Lipinski definition) is 2. The minimum atomic E-state index is 0.277. The second kappa shape index (κ2) is 7.32. The van der Waals surface area contributed by atoms with Crippen molar-refractivity contribution >= 4 is 11.6 Å². The summed E-state index contributed by atoms with van der Waals surface area (Å²) in [7, 11) is 0. The van der Waals surface area contributed by atoms with Gasteiger partial charge in [-0.2, -0.15) is 0 Å². The van der Waals surface area contributed by atoms with E-state index < -0.39 is 0 Å². The van der Waals surface area contributed by atoms with Gasteiger partial charge in [-0.05, 0) is 55.6 Å². The van der Waals surface area contributed by atoms with Crippen molar-refractivity contribution in [3.63, 3.8) is 0 Å². The number of rotatable bonds is 6. The zero-order valence-corrected chi connectivity index (χ0v) is 12.4. The number of hydrogen-bond donors (Lipinski definition) is 1. The van der Waals surface area contributed by atoms with E-state index in [-0.39, 0.29) is 5.92 Å². The van der Waals surface area contributed by atoms with E-state index in [1.165, 1.54) is 11.1 Å². The Morgan fingerprint density at radius 2 is 1.90 bits per heavy atom. The summed E-state index contributed by atoms with van der Waals surface area (Å²) in [5.41, 5.74) is 8.26. The van der Waals surface area contributed by atoms with Gasteiger partial charge in [0.2, 0.25) is 0 Å². The zero-order chi connectivity index (χ0) is 14.4. The summed E-state index contributed by atoms with van der Waals surface area (Å²) in [5, 5.41) is 0.750. The maximum Gasteiger partial charge on any atom is 0.119 e. The van der Waals surface area contributed by atoms with Crippen LogP contribution < -0.4 is 10.5 Å². The van der Waals surface area contributed by atoms with Crippen LogP contribution in [0.15, 0.2) is 48.5 Å². The molecular weight excluding hydrogens is 270 g/mol. The highest BCUT2D eigenvalue weighted by atomic mass is 35.5. The van der Waals surface area contributed by atoms with Crippen LogP contribution in [-0.4, -0.2) is 13.2 Å². The number of aryl methyl sites for hydroxylation is 1. The Balaban J connectivity index is 1.89. The Morgan fingerprint density at radius 3 is 2.55 bits per heavy atom. The van der Waals surface area contributed by atoms with Crippen molar-refractivity contribution in [3.8, 4) is 5.75 Å². The molecule has 2 aromatic rings. The molecule has 0 saturated heterocycles. The fourth-order valence-electron chi connectivity index (χ4n) is 2.13. The van der Waals surface area contributed by atoms with Crippen molar-refractivity contribution in [3.05, 3.63) is 64.7 Å². The lowest BCUT2D eigenvalue weighted by Gasteiger charge is -2.16. The number of benzene rings is 2. The van der Waals surface area contributed by atoms with Gasteiger partial charge in [-0.3, -0.25) is 0 Å². The SMILES string of the molecule is Cc1ccc(OCCC(CN)c2cccc(Cl)c2)cc1. The molecule has 2 N–H and O–H groups in total. The van der Waals surface area contributed by atoms with E-state index in [1.54, 1.807) is 0 Å². The summed E-state index contributed by atoms with van der Waals surface area (Å²) in [5.74, 6) is 1.18. The fourth-order valence-corrected chi connectivity index (χ4v) is 2.33. The molecule has 20 heavy (non-hydrogen) atoms. The van der Waals surface area contributed by atoms with Gasteiger partial charge in [0.15, 0.2) is 0 Å². The Kier molecular flexibility index (Phi) is 5.45. The van der Waals surface area contributed by atoms with Crippen LogP contribution in [0, 0.1) is 6.92 Å². The van der Waals surface area contributed by atoms with Crippen molar-refractivity contribution in [2.24, 2.45) is 5.73 Å². The predicted octanol–water partition coefficient (Wildman–Crippen LogP) is 4.16. The first kappa shape index (κ1) is 14.9. The van der Waals surface area contributed by atoms with Gasteiger partial charge in [0.1, 0.15) is 5.75 Å². The molecule has 0 aliphatic rings. The topological polar surface area (TPSA) is 35.2 Å². The normalized spacial score (nSPS) is 12.2. The molecule has 2 aromatic carbocycles. The third-order valence-corrected chi connectivity index (χ3v) is 3.60. The summed E-state index contributed by atoms with van der Waals surface area (Å²) in [4.78, 5) is 0. The minimum absolute atomic E-state index is 0.277. The van der Waals surface area contributed by atoms with E-state index in [0.717, 1.165) is 17.2 Å². The van der Waals surface area contributed by atoms with Gasteiger partial charge in [-0.15, -0.1) is 0 Å². The molecule has 0 spiro atoms. The van der Waals surface area contributed by atoms with E-state index in [4.69, 9.17) is 22.1 Å². The molecule has 2 rings (SSSR count). The molecule has 0 bridgehead atoms. The van der Waals surface area contributed by atoms with Gasteiger partial charge in [0, 0.05) is 5.02 Å². The summed E-state index contributed by atoms with van der Waals surface area (Å²) < 4.78 is 5.76. The van der Waals surface area contributed by atoms with Crippen LogP contribution in [0.3, 0.4) is 0 Å². The third kappa shape index (κ3) is 4.26. The molecule has 0 heterocycles. The predicted molar refractivity (Wildman–Crippen MR) is 84.5 cm³/mol. The van der Waals surface area contributed by atoms with Crippen molar-refractivity contribution in [1.82, 2.24) is 0 Å². The van der Waals surface area contributed by atoms with E-state index >= 15 is 0 Å². The highest BCUT2D eigenvalue weighted by molar-refractivity contribution is 6.30. The molecule has 0 aliphatic heterocycles. The largest absolute Gasteiger partial charge is 0.494 e. The average Bonchev–Trinajstić information content (AvgIpc) is 2.45. The molecule has 0 radical (unpaired) electrons. The summed E-state index contributed by atoms with van der Waals surface area (Å²) in [6.45, 7) is 3.31. The lowest BCUT2D eigenvalue weighted by Crippen LogP contribution is -2.15. The third-order valence-electron chi connectivity index (χ3n) is 3.36. The van der Waals surface area contributed by atoms with Crippen LogP contribution in [0.1, 0.15) is 23.5 Å². The van der Waals surface area contributed by atoms with E-state index in [2.05, 4.69) is 13.0 Å². The van der Waals surface area contributed by atoms with Crippen LogP contribution in [0.25, 0.3) is 0 Å². The first-order chi connectivity index (χ1) is 9.69. The van der Waals surface area contributed by atoms with Crippen molar-refractivity contribution in [2.75, 3.05) is 13.2 Å². The maximum absolute atomic E-state index is 6.02. The van der Waals surface area contributed by atoms with E-state index in [1.807, 2.05) is 42.5 Å². The smallest absolute Gasteiger partial charge is 0.119 e. The molecule has 1 unspecified atom stereocenters. The molecule has 0 aliphatic carbocycles. The molecule has 2 nitrogen and oxygen atoms in total. The van der Waals surface area contributed by atoms with Gasteiger partial charge in [-0.1, -0.05) is 41.4 Å². The van der Waals surface area contributed by atoms with Crippen molar-refractivity contribution < 1.29 is 4.74 Å². The van der Waals surface area contributed by atoms with Gasteiger partial charge in [-0.25, -0.2) is 0 Å². The van der Waals surface area contributed by atoms with Gasteiger partial charge < -0.3 is 10.5 Å². The summed E-state index contributed by atoms with van der Waals surface area (Å²) in [6, 6.07) is 16.0. The molecule has 0 amide bonds. The van der Waals surface area contributed by atoms with E-state index in [0.29, 0.717) is 13.2 Å². The van der Waals surface area contributed by atoms with Crippen LogP contribution in [0.2, 0.25) is 5.02 Å². The number of halogens is 1. The van der Waals surface area contributed by atoms with Gasteiger partial charge in [0.25, 0.3) is 0 Å². The molecule has 106 valence electrons. The highest BCUT2D eigenvalue weighted by Crippen LogP contribution is 2.22. The first-order valence-corrected chi connectivity index (χ1v) is 7.22. The molecule has 3 heteroatoms. The van der Waals surface area contributed by atoms with Gasteiger partial charge >= 0.3 is 0 Å². The Labute approximate surface area is 125 Å². The molecule has 0 saturated carbocycles. The summed E-state index contributed by atoms with van der Waals surface area (Å²) in [6.07, 6.45) is 0.880. The van der Waals surface area contributed by atoms with Crippen LogP contribution in [0.5, 0.6) is 5.75 Å². The second-order valence-electron chi connectivity index (χ2n) is 4.94. The average molecular weight is 290 g/mol. The highest BCUT2D eigenvalue weighted by Gasteiger charge is 2.10. The maximum atomic E-state index is 6.02. The number of nitrogens with two attached hydrogens (primary N) is 1. The molecule has 1 atom stereocenters. The zero-order valence-electron chi connectivity index (χ0n) is 11.7. The molecule has 0 fully saturated rings. The van der Waals surface area contributed by atoms with Crippen molar-refractivity contribution in [1.29, 1.82) is 0 Å². The monoisotopic (exact) mass is 289 g/mol. The lowest BCUT2D eigenvalue weighted by atomic mass is 9.96. The van der Waals surface area contributed by atoms with Crippen LogP contribution in [0.4, 0.5) is 0 Å². The molecular formula is C17H20ClNO. The number of ether oxygens (including phenoxy) is 1. The standard InChI is InChI=1S/C17H20ClNO/c1-13-5-7-17(8-6-13)20-10-9-15(12-19)14-3-2-4-16(18)11-14/h2-8,11,15H,9-10,12,19H2,1H3. The Morgan fingerprint density at radius 1 is 1.15 bits per heavy atom. The van der Waals surface area contributed by atoms with E-state index in [9.17, 15) is 0 Å². The van der Waals surface area contributed by atoms with Crippen LogP contribution >= 0.6 is 11.6 Å². The van der Waals surface area contributed by atoms with Gasteiger partial charge in [0.05, 0.1) is 6.61 Å². The first-order valence-electron chi connectivity index (χ1n) is 6.84. The Bertz CT molecular complexity index is 539. The molecule has 0 aromatic heterocycles. The fraction of sp³-hybridized carbons (Fsp3) is 0.294.